The van der Waals surface area contributed by atoms with Gasteiger partial charge in [-0.25, -0.2) is 4.79 Å². The van der Waals surface area contributed by atoms with Crippen molar-refractivity contribution in [2.24, 2.45) is 0 Å². The van der Waals surface area contributed by atoms with Crippen LogP contribution in [0.15, 0.2) is 18.5 Å². The third-order valence-electron chi connectivity index (χ3n) is 2.15. The summed E-state index contributed by atoms with van der Waals surface area (Å²) in [5.41, 5.74) is 0.00524. The number of hydrogen-bond acceptors (Lipinski definition) is 5. The van der Waals surface area contributed by atoms with Crippen LogP contribution in [0.25, 0.3) is 0 Å². The number of nitrogens with zero attached hydrogens (tertiary/aromatic N) is 1. The Labute approximate surface area is 110 Å². The number of carbonyl (C=O) groups is 2. The van der Waals surface area contributed by atoms with E-state index in [1.54, 1.807) is 14.0 Å². The first-order valence-corrected chi connectivity index (χ1v) is 5.62. The minimum atomic E-state index is -1.10. The number of carbonyl (C=O) groups excluding carboxylic acids is 1. The zero-order valence-electron chi connectivity index (χ0n) is 10.8. The van der Waals surface area contributed by atoms with Crippen molar-refractivity contribution in [1.82, 2.24) is 10.3 Å². The predicted octanol–water partition coefficient (Wildman–Crippen LogP) is 0.310. The van der Waals surface area contributed by atoms with Gasteiger partial charge in [-0.05, 0) is 13.0 Å². The highest BCUT2D eigenvalue weighted by molar-refractivity contribution is 5.87. The van der Waals surface area contributed by atoms with Crippen LogP contribution in [0.1, 0.15) is 17.3 Å². The van der Waals surface area contributed by atoms with Crippen molar-refractivity contribution in [1.29, 1.82) is 0 Å². The molecule has 1 aromatic rings. The second kappa shape index (κ2) is 7.32. The van der Waals surface area contributed by atoms with Crippen LogP contribution in [-0.2, 0) is 9.53 Å². The molecule has 7 nitrogen and oxygen atoms in total. The molecule has 0 bridgehead atoms. The molecule has 0 fully saturated rings. The molecule has 0 spiro atoms. The minimum absolute atomic E-state index is 0.00524. The number of nitrogens with one attached hydrogen (secondary N) is 1. The van der Waals surface area contributed by atoms with E-state index in [1.165, 1.54) is 18.5 Å². The summed E-state index contributed by atoms with van der Waals surface area (Å²) in [6, 6.07) is 1.19. The SMILES string of the molecule is COCC(C)NC(=O)COc1cncc(C(=O)O)c1. The summed E-state index contributed by atoms with van der Waals surface area (Å²) in [5.74, 6) is -1.18. The van der Waals surface area contributed by atoms with Crippen molar-refractivity contribution in [3.8, 4) is 5.75 Å². The third kappa shape index (κ3) is 5.35. The summed E-state index contributed by atoms with van der Waals surface area (Å²) in [6.45, 7) is 1.99. The highest BCUT2D eigenvalue weighted by Gasteiger charge is 2.09. The van der Waals surface area contributed by atoms with Crippen molar-refractivity contribution in [3.05, 3.63) is 24.0 Å². The number of methoxy groups -OCH3 is 1. The van der Waals surface area contributed by atoms with Gasteiger partial charge >= 0.3 is 5.97 Å². The Morgan fingerprint density at radius 2 is 2.21 bits per heavy atom. The molecule has 0 saturated heterocycles. The van der Waals surface area contributed by atoms with Gasteiger partial charge in [0.25, 0.3) is 5.91 Å². The van der Waals surface area contributed by atoms with Crippen molar-refractivity contribution < 1.29 is 24.2 Å². The quantitative estimate of drug-likeness (QED) is 0.738. The molecular formula is C12H16N2O5. The van der Waals surface area contributed by atoms with E-state index >= 15 is 0 Å². The maximum absolute atomic E-state index is 11.5. The van der Waals surface area contributed by atoms with E-state index in [4.69, 9.17) is 14.6 Å². The highest BCUT2D eigenvalue weighted by atomic mass is 16.5. The van der Waals surface area contributed by atoms with E-state index in [9.17, 15) is 9.59 Å². The van der Waals surface area contributed by atoms with Crippen LogP contribution in [0.2, 0.25) is 0 Å². The highest BCUT2D eigenvalue weighted by Crippen LogP contribution is 2.10. The normalized spacial score (nSPS) is 11.7. The summed E-state index contributed by atoms with van der Waals surface area (Å²) in [4.78, 5) is 25.9. The summed E-state index contributed by atoms with van der Waals surface area (Å²) >= 11 is 0. The van der Waals surface area contributed by atoms with Gasteiger partial charge in [-0.2, -0.15) is 0 Å². The van der Waals surface area contributed by atoms with Crippen LogP contribution in [0.3, 0.4) is 0 Å². The zero-order chi connectivity index (χ0) is 14.3. The molecule has 19 heavy (non-hydrogen) atoms. The van der Waals surface area contributed by atoms with E-state index < -0.39 is 5.97 Å². The van der Waals surface area contributed by atoms with Crippen molar-refractivity contribution in [2.75, 3.05) is 20.3 Å². The Morgan fingerprint density at radius 1 is 1.47 bits per heavy atom. The molecule has 0 aliphatic carbocycles. The van der Waals surface area contributed by atoms with E-state index in [1.807, 2.05) is 0 Å². The van der Waals surface area contributed by atoms with E-state index in [0.29, 0.717) is 6.61 Å². The smallest absolute Gasteiger partial charge is 0.337 e. The van der Waals surface area contributed by atoms with Gasteiger partial charge < -0.3 is 19.9 Å². The number of carboxylic acid groups (broad SMARTS) is 1. The number of ether oxygens (including phenoxy) is 2. The maximum Gasteiger partial charge on any atom is 0.337 e. The fraction of sp³-hybridized carbons (Fsp3) is 0.417. The van der Waals surface area contributed by atoms with E-state index in [2.05, 4.69) is 10.3 Å². The van der Waals surface area contributed by atoms with Crippen LogP contribution in [-0.4, -0.2) is 48.3 Å². The van der Waals surface area contributed by atoms with E-state index in [0.717, 1.165) is 0 Å². The number of amides is 1. The monoisotopic (exact) mass is 268 g/mol. The first-order valence-electron chi connectivity index (χ1n) is 5.62. The van der Waals surface area contributed by atoms with Gasteiger partial charge in [0.2, 0.25) is 0 Å². The maximum atomic E-state index is 11.5. The van der Waals surface area contributed by atoms with E-state index in [-0.39, 0.29) is 29.9 Å². The lowest BCUT2D eigenvalue weighted by molar-refractivity contribution is -0.124. The minimum Gasteiger partial charge on any atom is -0.482 e. The number of pyridine rings is 1. The average Bonchev–Trinajstić information content (AvgIpc) is 2.37. The van der Waals surface area contributed by atoms with Gasteiger partial charge in [0.05, 0.1) is 18.4 Å². The number of aromatic nitrogens is 1. The molecule has 1 unspecified atom stereocenters. The van der Waals surface area contributed by atoms with Gasteiger partial charge in [0.15, 0.2) is 6.61 Å². The number of rotatable bonds is 7. The lowest BCUT2D eigenvalue weighted by Crippen LogP contribution is -2.38. The molecule has 7 heteroatoms. The van der Waals surface area contributed by atoms with Gasteiger partial charge in [-0.3, -0.25) is 9.78 Å². The molecule has 1 aromatic heterocycles. The average molecular weight is 268 g/mol. The second-order valence-electron chi connectivity index (χ2n) is 3.93. The summed E-state index contributed by atoms with van der Waals surface area (Å²) in [5, 5.41) is 11.4. The molecule has 0 aliphatic heterocycles. The van der Waals surface area contributed by atoms with Crippen LogP contribution in [0, 0.1) is 0 Å². The molecule has 0 aromatic carbocycles. The van der Waals surface area contributed by atoms with Crippen LogP contribution in [0.4, 0.5) is 0 Å². The number of hydrogen-bond donors (Lipinski definition) is 2. The molecule has 0 saturated carbocycles. The van der Waals surface area contributed by atoms with Crippen LogP contribution < -0.4 is 10.1 Å². The van der Waals surface area contributed by atoms with Crippen molar-refractivity contribution in [3.63, 3.8) is 0 Å². The molecule has 1 heterocycles. The zero-order valence-corrected chi connectivity index (χ0v) is 10.8. The molecule has 1 atom stereocenters. The molecule has 0 aliphatic rings. The Hall–Kier alpha value is -2.15. The fourth-order valence-corrected chi connectivity index (χ4v) is 1.37. The summed E-state index contributed by atoms with van der Waals surface area (Å²) in [7, 11) is 1.54. The van der Waals surface area contributed by atoms with Gasteiger partial charge in [0, 0.05) is 19.3 Å². The molecule has 104 valence electrons. The lowest BCUT2D eigenvalue weighted by atomic mass is 10.3. The third-order valence-corrected chi connectivity index (χ3v) is 2.15. The van der Waals surface area contributed by atoms with Gasteiger partial charge in [-0.1, -0.05) is 0 Å². The lowest BCUT2D eigenvalue weighted by Gasteiger charge is -2.13. The second-order valence-corrected chi connectivity index (χ2v) is 3.93. The van der Waals surface area contributed by atoms with Gasteiger partial charge in [0.1, 0.15) is 5.75 Å². The van der Waals surface area contributed by atoms with Gasteiger partial charge in [-0.15, -0.1) is 0 Å². The molecular weight excluding hydrogens is 252 g/mol. The predicted molar refractivity (Wildman–Crippen MR) is 66.2 cm³/mol. The van der Waals surface area contributed by atoms with Crippen LogP contribution >= 0.6 is 0 Å². The molecule has 1 amide bonds. The van der Waals surface area contributed by atoms with Crippen molar-refractivity contribution >= 4 is 11.9 Å². The first-order chi connectivity index (χ1) is 9.02. The Bertz CT molecular complexity index is 450. The topological polar surface area (TPSA) is 97.8 Å². The molecule has 0 radical (unpaired) electrons. The molecule has 2 N–H and O–H groups in total. The fourth-order valence-electron chi connectivity index (χ4n) is 1.37. The molecule has 1 rings (SSSR count). The summed E-state index contributed by atoms with van der Waals surface area (Å²) in [6.07, 6.45) is 2.55. The standard InChI is InChI=1S/C12H16N2O5/c1-8(6-18-2)14-11(15)7-19-10-3-9(12(16)17)4-13-5-10/h3-5,8H,6-7H2,1-2H3,(H,14,15)(H,16,17). The Kier molecular flexibility index (Phi) is 5.74. The Balaban J connectivity index is 2.46. The van der Waals surface area contributed by atoms with Crippen LogP contribution in [0.5, 0.6) is 5.75 Å². The number of carboxylic acids is 1. The Morgan fingerprint density at radius 3 is 2.84 bits per heavy atom. The first kappa shape index (κ1) is 14.9. The summed E-state index contributed by atoms with van der Waals surface area (Å²) < 4.78 is 10.0. The largest absolute Gasteiger partial charge is 0.482 e. The van der Waals surface area contributed by atoms with Crippen molar-refractivity contribution in [2.45, 2.75) is 13.0 Å². The number of aromatic carboxylic acids is 1.